The second-order valence-corrected chi connectivity index (χ2v) is 3.90. The predicted molar refractivity (Wildman–Crippen MR) is 71.4 cm³/mol. The Labute approximate surface area is 115 Å². The highest BCUT2D eigenvalue weighted by Crippen LogP contribution is 2.15. The van der Waals surface area contributed by atoms with Gasteiger partial charge in [0.2, 0.25) is 0 Å². The molecule has 1 aromatic carbocycles. The Hall–Kier alpha value is -2.01. The molecule has 0 spiro atoms. The Morgan fingerprint density at radius 3 is 2.47 bits per heavy atom. The lowest BCUT2D eigenvalue weighted by Gasteiger charge is -2.06. The molecule has 0 unspecified atom stereocenters. The molecule has 0 aliphatic rings. The van der Waals surface area contributed by atoms with Crippen LogP contribution in [0.3, 0.4) is 0 Å². The molecule has 0 aliphatic carbocycles. The van der Waals surface area contributed by atoms with Crippen molar-refractivity contribution >= 4 is 23.7 Å². The zero-order valence-corrected chi connectivity index (χ0v) is 11.1. The molecule has 0 radical (unpaired) electrons. The van der Waals surface area contributed by atoms with Crippen LogP contribution in [0.25, 0.3) is 0 Å². The van der Waals surface area contributed by atoms with Crippen LogP contribution in [0.1, 0.15) is 12.5 Å². The van der Waals surface area contributed by atoms with Crippen LogP contribution in [0.2, 0.25) is 0 Å². The average Bonchev–Trinajstić information content (AvgIpc) is 2.37. The van der Waals surface area contributed by atoms with Gasteiger partial charge in [-0.2, -0.15) is 0 Å². The standard InChI is InChI=1S/C13H14ClNO4/c1-2-15-13(18)19-11-5-3-9(4-6-11)7-10(8-14)12(16)17/h3-6,8H,2,7H2,1H3,(H,15,18)(H,16,17). The van der Waals surface area contributed by atoms with Crippen LogP contribution in [-0.4, -0.2) is 23.7 Å². The molecule has 0 aliphatic heterocycles. The lowest BCUT2D eigenvalue weighted by Crippen LogP contribution is -2.26. The summed E-state index contributed by atoms with van der Waals surface area (Å²) in [6.07, 6.45) is -0.317. The number of hydrogen-bond donors (Lipinski definition) is 2. The van der Waals surface area contributed by atoms with Crippen LogP contribution < -0.4 is 10.1 Å². The molecule has 0 bridgehead atoms. The topological polar surface area (TPSA) is 75.6 Å². The lowest BCUT2D eigenvalue weighted by molar-refractivity contribution is -0.132. The molecular weight excluding hydrogens is 270 g/mol. The minimum absolute atomic E-state index is 0.0964. The molecule has 0 aromatic heterocycles. The number of carboxylic acids is 1. The van der Waals surface area contributed by atoms with E-state index in [9.17, 15) is 9.59 Å². The molecule has 1 rings (SSSR count). The van der Waals surface area contributed by atoms with Crippen LogP contribution in [0, 0.1) is 0 Å². The summed E-state index contributed by atoms with van der Waals surface area (Å²) < 4.78 is 4.98. The number of rotatable bonds is 5. The summed E-state index contributed by atoms with van der Waals surface area (Å²) >= 11 is 5.43. The van der Waals surface area contributed by atoms with Gasteiger partial charge in [-0.3, -0.25) is 0 Å². The van der Waals surface area contributed by atoms with Gasteiger partial charge in [0.15, 0.2) is 0 Å². The van der Waals surface area contributed by atoms with E-state index >= 15 is 0 Å². The van der Waals surface area contributed by atoms with Gasteiger partial charge in [-0.15, -0.1) is 0 Å². The van der Waals surface area contributed by atoms with Crippen LogP contribution in [0.5, 0.6) is 5.75 Å². The van der Waals surface area contributed by atoms with E-state index in [-0.39, 0.29) is 12.0 Å². The number of amides is 1. The summed E-state index contributed by atoms with van der Waals surface area (Å²) in [4.78, 5) is 22.0. The van der Waals surface area contributed by atoms with Crippen molar-refractivity contribution in [2.45, 2.75) is 13.3 Å². The third-order valence-corrected chi connectivity index (χ3v) is 2.52. The van der Waals surface area contributed by atoms with Gasteiger partial charge >= 0.3 is 12.1 Å². The van der Waals surface area contributed by atoms with Crippen molar-refractivity contribution in [2.24, 2.45) is 0 Å². The minimum atomic E-state index is -1.06. The van der Waals surface area contributed by atoms with Crippen LogP contribution in [0.4, 0.5) is 4.79 Å². The summed E-state index contributed by atoms with van der Waals surface area (Å²) in [6, 6.07) is 6.55. The van der Waals surface area contributed by atoms with E-state index in [1.807, 2.05) is 0 Å². The third kappa shape index (κ3) is 5.01. The number of ether oxygens (including phenoxy) is 1. The normalized spacial score (nSPS) is 10.9. The van der Waals surface area contributed by atoms with Gasteiger partial charge < -0.3 is 15.2 Å². The number of hydrogen-bond acceptors (Lipinski definition) is 3. The fourth-order valence-electron chi connectivity index (χ4n) is 1.34. The van der Waals surface area contributed by atoms with E-state index in [2.05, 4.69) is 5.32 Å². The quantitative estimate of drug-likeness (QED) is 0.814. The van der Waals surface area contributed by atoms with E-state index in [0.29, 0.717) is 12.3 Å². The van der Waals surface area contributed by atoms with Crippen molar-refractivity contribution in [1.29, 1.82) is 0 Å². The smallest absolute Gasteiger partial charge is 0.412 e. The molecule has 19 heavy (non-hydrogen) atoms. The second kappa shape index (κ2) is 7.43. The highest BCUT2D eigenvalue weighted by molar-refractivity contribution is 6.27. The first-order chi connectivity index (χ1) is 9.06. The van der Waals surface area contributed by atoms with Crippen molar-refractivity contribution in [2.75, 3.05) is 6.54 Å². The van der Waals surface area contributed by atoms with Crippen molar-refractivity contribution in [3.05, 3.63) is 40.9 Å². The Bertz CT molecular complexity index is 482. The van der Waals surface area contributed by atoms with E-state index in [4.69, 9.17) is 21.4 Å². The van der Waals surface area contributed by atoms with Crippen LogP contribution in [0.15, 0.2) is 35.4 Å². The Kier molecular flexibility index (Phi) is 5.89. The largest absolute Gasteiger partial charge is 0.478 e. The van der Waals surface area contributed by atoms with Crippen molar-refractivity contribution < 1.29 is 19.4 Å². The number of nitrogens with one attached hydrogen (secondary N) is 1. The molecule has 0 saturated carbocycles. The molecule has 0 heterocycles. The number of carboxylic acid groups (broad SMARTS) is 1. The van der Waals surface area contributed by atoms with Crippen molar-refractivity contribution in [3.63, 3.8) is 0 Å². The number of carbonyl (C=O) groups is 2. The first-order valence-electron chi connectivity index (χ1n) is 5.64. The molecule has 0 fully saturated rings. The fourth-order valence-corrected chi connectivity index (χ4v) is 1.51. The number of aliphatic carboxylic acids is 1. The molecular formula is C13H14ClNO4. The van der Waals surface area contributed by atoms with E-state index in [1.165, 1.54) is 0 Å². The SMILES string of the molecule is CCNC(=O)Oc1ccc(CC(=CCl)C(=O)O)cc1. The summed E-state index contributed by atoms with van der Waals surface area (Å²) in [7, 11) is 0. The summed E-state index contributed by atoms with van der Waals surface area (Å²) in [5.74, 6) is -0.668. The monoisotopic (exact) mass is 283 g/mol. The van der Waals surface area contributed by atoms with Crippen LogP contribution >= 0.6 is 11.6 Å². The van der Waals surface area contributed by atoms with Gasteiger partial charge in [-0.1, -0.05) is 23.7 Å². The van der Waals surface area contributed by atoms with Gasteiger partial charge in [0.05, 0.1) is 5.57 Å². The molecule has 0 saturated heterocycles. The zero-order valence-electron chi connectivity index (χ0n) is 10.4. The summed E-state index contributed by atoms with van der Waals surface area (Å²) in [5, 5.41) is 11.3. The predicted octanol–water partition coefficient (Wildman–Crippen LogP) is 2.54. The number of benzene rings is 1. The molecule has 1 aromatic rings. The maximum absolute atomic E-state index is 11.2. The Morgan fingerprint density at radius 1 is 1.37 bits per heavy atom. The molecule has 2 N–H and O–H groups in total. The number of carbonyl (C=O) groups excluding carboxylic acids is 1. The molecule has 5 nitrogen and oxygen atoms in total. The molecule has 1 amide bonds. The highest BCUT2D eigenvalue weighted by Gasteiger charge is 2.08. The van der Waals surface area contributed by atoms with Gasteiger partial charge in [0.25, 0.3) is 0 Å². The molecule has 0 atom stereocenters. The summed E-state index contributed by atoms with van der Waals surface area (Å²) in [6.45, 7) is 2.27. The molecule has 102 valence electrons. The van der Waals surface area contributed by atoms with Gasteiger partial charge in [-0.05, 0) is 24.6 Å². The zero-order chi connectivity index (χ0) is 14.3. The van der Waals surface area contributed by atoms with E-state index in [0.717, 1.165) is 11.1 Å². The maximum Gasteiger partial charge on any atom is 0.412 e. The van der Waals surface area contributed by atoms with Crippen LogP contribution in [-0.2, 0) is 11.2 Å². The molecule has 6 heteroatoms. The highest BCUT2D eigenvalue weighted by atomic mass is 35.5. The maximum atomic E-state index is 11.2. The van der Waals surface area contributed by atoms with Gasteiger partial charge in [-0.25, -0.2) is 9.59 Å². The van der Waals surface area contributed by atoms with Gasteiger partial charge in [0.1, 0.15) is 5.75 Å². The van der Waals surface area contributed by atoms with Crippen molar-refractivity contribution in [1.82, 2.24) is 5.32 Å². The Balaban J connectivity index is 2.66. The number of halogens is 1. The van der Waals surface area contributed by atoms with E-state index < -0.39 is 12.1 Å². The average molecular weight is 284 g/mol. The first-order valence-corrected chi connectivity index (χ1v) is 6.07. The Morgan fingerprint density at radius 2 is 2.00 bits per heavy atom. The van der Waals surface area contributed by atoms with Gasteiger partial charge in [0, 0.05) is 18.5 Å². The second-order valence-electron chi connectivity index (χ2n) is 3.68. The fraction of sp³-hybridized carbons (Fsp3) is 0.231. The van der Waals surface area contributed by atoms with E-state index in [1.54, 1.807) is 31.2 Å². The summed E-state index contributed by atoms with van der Waals surface area (Å²) in [5.41, 5.74) is 1.90. The third-order valence-electron chi connectivity index (χ3n) is 2.26. The minimum Gasteiger partial charge on any atom is -0.478 e. The lowest BCUT2D eigenvalue weighted by atomic mass is 10.1. The first kappa shape index (κ1) is 15.0. The van der Waals surface area contributed by atoms with Crippen molar-refractivity contribution in [3.8, 4) is 5.75 Å².